The summed E-state index contributed by atoms with van der Waals surface area (Å²) < 4.78 is 18.6. The topological polar surface area (TPSA) is 45.6 Å². The van der Waals surface area contributed by atoms with Crippen molar-refractivity contribution in [3.8, 4) is 0 Å². The Hall–Kier alpha value is -0.540. The largest absolute Gasteiger partial charge is 0.380 e. The molecule has 0 atom stereocenters. The molecule has 0 heterocycles. The molecular weight excluding hydrogens is 416 g/mol. The van der Waals surface area contributed by atoms with E-state index >= 15 is 0 Å². The van der Waals surface area contributed by atoms with E-state index < -0.39 is 0 Å². The van der Waals surface area contributed by atoms with E-state index in [1.54, 1.807) is 24.9 Å². The second-order valence-electron chi connectivity index (χ2n) is 4.40. The molecule has 22 heavy (non-hydrogen) atoms. The highest BCUT2D eigenvalue weighted by molar-refractivity contribution is 14.0. The lowest BCUT2D eigenvalue weighted by Crippen LogP contribution is -2.38. The Morgan fingerprint density at radius 1 is 1.32 bits per heavy atom. The van der Waals surface area contributed by atoms with E-state index in [-0.39, 0.29) is 29.8 Å². The minimum atomic E-state index is -0.193. The number of aliphatic imine (C=N–C) groups is 1. The van der Waals surface area contributed by atoms with Crippen molar-refractivity contribution in [1.82, 2.24) is 10.6 Å². The molecule has 0 aliphatic carbocycles. The van der Waals surface area contributed by atoms with Crippen LogP contribution < -0.4 is 10.6 Å². The van der Waals surface area contributed by atoms with Gasteiger partial charge in [-0.1, -0.05) is 6.07 Å². The van der Waals surface area contributed by atoms with Crippen molar-refractivity contribution in [2.45, 2.75) is 19.2 Å². The fraction of sp³-hybridized carbons (Fsp3) is 0.533. The second-order valence-corrected chi connectivity index (χ2v) is 5.26. The molecule has 7 heteroatoms. The molecule has 2 N–H and O–H groups in total. The third-order valence-corrected chi connectivity index (χ3v) is 3.48. The van der Waals surface area contributed by atoms with Gasteiger partial charge in [-0.3, -0.25) is 4.99 Å². The fourth-order valence-corrected chi connectivity index (χ4v) is 2.42. The van der Waals surface area contributed by atoms with Gasteiger partial charge in [-0.25, -0.2) is 4.39 Å². The van der Waals surface area contributed by atoms with Gasteiger partial charge in [-0.15, -0.1) is 24.0 Å². The van der Waals surface area contributed by atoms with Gasteiger partial charge in [0.15, 0.2) is 5.96 Å². The van der Waals surface area contributed by atoms with Crippen LogP contribution in [0, 0.1) is 5.82 Å². The maximum Gasteiger partial charge on any atom is 0.191 e. The smallest absolute Gasteiger partial charge is 0.191 e. The summed E-state index contributed by atoms with van der Waals surface area (Å²) in [6, 6.07) is 4.91. The Balaban J connectivity index is 0.00000441. The zero-order valence-electron chi connectivity index (χ0n) is 13.3. The first-order valence-electron chi connectivity index (χ1n) is 6.99. The van der Waals surface area contributed by atoms with Gasteiger partial charge in [0.25, 0.3) is 0 Å². The van der Waals surface area contributed by atoms with Gasteiger partial charge in [0.2, 0.25) is 0 Å². The summed E-state index contributed by atoms with van der Waals surface area (Å²) in [4.78, 5) is 4.15. The average Bonchev–Trinajstić information content (AvgIpc) is 2.48. The van der Waals surface area contributed by atoms with Gasteiger partial charge < -0.3 is 15.4 Å². The minimum Gasteiger partial charge on any atom is -0.380 e. The van der Waals surface area contributed by atoms with Crippen molar-refractivity contribution in [3.05, 3.63) is 35.1 Å². The van der Waals surface area contributed by atoms with Crippen LogP contribution in [0.5, 0.6) is 0 Å². The lowest BCUT2D eigenvalue weighted by Gasteiger charge is -2.14. The number of benzene rings is 1. The van der Waals surface area contributed by atoms with Crippen LogP contribution in [0.1, 0.15) is 18.1 Å². The molecule has 1 aromatic carbocycles. The number of rotatable bonds is 8. The molecule has 0 aliphatic heterocycles. The molecule has 0 fully saturated rings. The third-order valence-electron chi connectivity index (χ3n) is 2.88. The maximum absolute atomic E-state index is 13.3. The summed E-state index contributed by atoms with van der Waals surface area (Å²) in [7, 11) is 1.73. The van der Waals surface area contributed by atoms with E-state index in [2.05, 4.69) is 15.6 Å². The van der Waals surface area contributed by atoms with Gasteiger partial charge in [-0.2, -0.15) is 11.8 Å². The Kier molecular flexibility index (Phi) is 12.6. The van der Waals surface area contributed by atoms with Gasteiger partial charge in [0, 0.05) is 32.5 Å². The predicted molar refractivity (Wildman–Crippen MR) is 104 cm³/mol. The van der Waals surface area contributed by atoms with Crippen LogP contribution >= 0.6 is 35.7 Å². The Labute approximate surface area is 153 Å². The lowest BCUT2D eigenvalue weighted by atomic mass is 10.1. The van der Waals surface area contributed by atoms with E-state index in [4.69, 9.17) is 4.74 Å². The van der Waals surface area contributed by atoms with Gasteiger partial charge in [0.05, 0.1) is 6.61 Å². The summed E-state index contributed by atoms with van der Waals surface area (Å²) in [5.74, 6) is 1.32. The minimum absolute atomic E-state index is 0. The van der Waals surface area contributed by atoms with Crippen molar-refractivity contribution in [2.24, 2.45) is 4.99 Å². The highest BCUT2D eigenvalue weighted by Gasteiger charge is 2.05. The highest BCUT2D eigenvalue weighted by atomic mass is 127. The Morgan fingerprint density at radius 3 is 2.73 bits per heavy atom. The Bertz CT molecular complexity index is 460. The SMILES string of the molecule is CCOCCNC(=NC)NCc1ccc(F)cc1CSC.I. The monoisotopic (exact) mass is 441 g/mol. The number of guanidine groups is 1. The van der Waals surface area contributed by atoms with Crippen LogP contribution in [0.4, 0.5) is 4.39 Å². The molecule has 0 aliphatic rings. The summed E-state index contributed by atoms with van der Waals surface area (Å²) in [6.45, 7) is 4.64. The first-order valence-corrected chi connectivity index (χ1v) is 8.39. The number of nitrogens with zero attached hydrogens (tertiary/aromatic N) is 1. The molecular formula is C15H25FIN3OS. The van der Waals surface area contributed by atoms with Crippen molar-refractivity contribution < 1.29 is 9.13 Å². The van der Waals surface area contributed by atoms with Gasteiger partial charge in [0.1, 0.15) is 5.82 Å². The molecule has 4 nitrogen and oxygen atoms in total. The average molecular weight is 441 g/mol. The quantitative estimate of drug-likeness (QED) is 0.282. The molecule has 0 amide bonds. The molecule has 0 unspecified atom stereocenters. The number of nitrogens with one attached hydrogen (secondary N) is 2. The zero-order chi connectivity index (χ0) is 15.5. The van der Waals surface area contributed by atoms with Crippen LogP contribution in [-0.4, -0.2) is 39.0 Å². The van der Waals surface area contributed by atoms with Crippen LogP contribution in [0.25, 0.3) is 0 Å². The molecule has 0 saturated heterocycles. The number of hydrogen-bond acceptors (Lipinski definition) is 3. The lowest BCUT2D eigenvalue weighted by molar-refractivity contribution is 0.152. The van der Waals surface area contributed by atoms with Crippen molar-refractivity contribution in [2.75, 3.05) is 33.1 Å². The van der Waals surface area contributed by atoms with E-state index in [9.17, 15) is 4.39 Å². The number of halogens is 2. The Morgan fingerprint density at radius 2 is 2.09 bits per heavy atom. The third kappa shape index (κ3) is 8.19. The van der Waals surface area contributed by atoms with Crippen molar-refractivity contribution >= 4 is 41.7 Å². The first kappa shape index (κ1) is 21.5. The standard InChI is InChI=1S/C15H24FN3OS.HI/c1-4-20-8-7-18-15(17-2)19-10-12-5-6-14(16)9-13(12)11-21-3;/h5-6,9H,4,7-8,10-11H2,1-3H3,(H2,17,18,19);1H. The van der Waals surface area contributed by atoms with Crippen LogP contribution in [0.2, 0.25) is 0 Å². The molecule has 1 rings (SSSR count). The van der Waals surface area contributed by atoms with Crippen LogP contribution in [0.3, 0.4) is 0 Å². The van der Waals surface area contributed by atoms with E-state index in [0.29, 0.717) is 32.3 Å². The molecule has 1 aromatic rings. The molecule has 0 aromatic heterocycles. The van der Waals surface area contributed by atoms with E-state index in [1.807, 2.05) is 19.2 Å². The fourth-order valence-electron chi connectivity index (χ4n) is 1.84. The second kappa shape index (κ2) is 13.0. The molecule has 0 radical (unpaired) electrons. The predicted octanol–water partition coefficient (Wildman–Crippen LogP) is 3.01. The molecule has 0 bridgehead atoms. The normalized spacial score (nSPS) is 11.0. The van der Waals surface area contributed by atoms with Crippen molar-refractivity contribution in [1.29, 1.82) is 0 Å². The summed E-state index contributed by atoms with van der Waals surface area (Å²) in [5.41, 5.74) is 2.10. The summed E-state index contributed by atoms with van der Waals surface area (Å²) in [5, 5.41) is 6.40. The molecule has 126 valence electrons. The molecule has 0 spiro atoms. The first-order chi connectivity index (χ1) is 10.2. The summed E-state index contributed by atoms with van der Waals surface area (Å²) >= 11 is 1.68. The zero-order valence-corrected chi connectivity index (χ0v) is 16.5. The molecule has 0 saturated carbocycles. The van der Waals surface area contributed by atoms with Crippen LogP contribution in [-0.2, 0) is 17.0 Å². The van der Waals surface area contributed by atoms with E-state index in [0.717, 1.165) is 16.9 Å². The maximum atomic E-state index is 13.3. The van der Waals surface area contributed by atoms with E-state index in [1.165, 1.54) is 6.07 Å². The van der Waals surface area contributed by atoms with Gasteiger partial charge in [-0.05, 0) is 36.4 Å². The number of hydrogen-bond donors (Lipinski definition) is 2. The van der Waals surface area contributed by atoms with Crippen molar-refractivity contribution in [3.63, 3.8) is 0 Å². The van der Waals surface area contributed by atoms with Gasteiger partial charge >= 0.3 is 0 Å². The number of thioether (sulfide) groups is 1. The highest BCUT2D eigenvalue weighted by Crippen LogP contribution is 2.16. The summed E-state index contributed by atoms with van der Waals surface area (Å²) in [6.07, 6.45) is 2.01. The number of ether oxygens (including phenoxy) is 1. The van der Waals surface area contributed by atoms with Crippen LogP contribution in [0.15, 0.2) is 23.2 Å².